The number of nitrogens with zero attached hydrogens (tertiary/aromatic N) is 1. The van der Waals surface area contributed by atoms with E-state index in [-0.39, 0.29) is 21.4 Å². The molecule has 1 heterocycles. The number of anilines is 1. The van der Waals surface area contributed by atoms with E-state index >= 15 is 0 Å². The van der Waals surface area contributed by atoms with Crippen LogP contribution in [0, 0.1) is 0 Å². The lowest BCUT2D eigenvalue weighted by Gasteiger charge is -2.09. The number of carboxylic acid groups (broad SMARTS) is 1. The van der Waals surface area contributed by atoms with Crippen molar-refractivity contribution < 1.29 is 15.0 Å². The van der Waals surface area contributed by atoms with Gasteiger partial charge in [0.05, 0.1) is 26.7 Å². The van der Waals surface area contributed by atoms with Crippen LogP contribution in [0.1, 0.15) is 22.8 Å². The highest BCUT2D eigenvalue weighted by molar-refractivity contribution is 7.80. The smallest absolute Gasteiger partial charge is 0.337 e. The van der Waals surface area contributed by atoms with Crippen molar-refractivity contribution in [2.24, 2.45) is 5.10 Å². The van der Waals surface area contributed by atoms with Crippen molar-refractivity contribution in [2.45, 2.75) is 6.92 Å². The number of hydrogen-bond acceptors (Lipinski definition) is 5. The fourth-order valence-electron chi connectivity index (χ4n) is 2.53. The Labute approximate surface area is 191 Å². The fraction of sp³-hybridized carbons (Fsp3) is 0.0500. The van der Waals surface area contributed by atoms with Crippen molar-refractivity contribution in [1.29, 1.82) is 0 Å². The standard InChI is InChI=1S/C20H15Cl2N3O3S2/c1-10(15-9-30-18(17(15)26)11-2-4-12(21)5-3-11)24-25-20(29)23-13-6-7-14(19(27)28)16(22)8-13/h2-9,26H,1H3,(H,27,28)(H2,23,25,29). The van der Waals surface area contributed by atoms with Crippen molar-refractivity contribution in [3.8, 4) is 16.2 Å². The van der Waals surface area contributed by atoms with Crippen LogP contribution in [0.2, 0.25) is 10.0 Å². The lowest BCUT2D eigenvalue weighted by atomic mass is 10.1. The Morgan fingerprint density at radius 2 is 1.83 bits per heavy atom. The number of hydrogen-bond donors (Lipinski definition) is 4. The van der Waals surface area contributed by atoms with E-state index in [1.54, 1.807) is 30.5 Å². The monoisotopic (exact) mass is 479 g/mol. The molecule has 0 spiro atoms. The van der Waals surface area contributed by atoms with E-state index in [9.17, 15) is 9.90 Å². The first-order valence-electron chi connectivity index (χ1n) is 8.47. The van der Waals surface area contributed by atoms with Gasteiger partial charge in [-0.3, -0.25) is 5.43 Å². The Hall–Kier alpha value is -2.65. The van der Waals surface area contributed by atoms with E-state index in [0.29, 0.717) is 26.9 Å². The molecule has 0 saturated heterocycles. The van der Waals surface area contributed by atoms with Gasteiger partial charge in [0.25, 0.3) is 0 Å². The van der Waals surface area contributed by atoms with Gasteiger partial charge in [0.2, 0.25) is 0 Å². The van der Waals surface area contributed by atoms with E-state index < -0.39 is 5.97 Å². The number of aromatic carboxylic acids is 1. The van der Waals surface area contributed by atoms with Gasteiger partial charge in [-0.05, 0) is 55.0 Å². The summed E-state index contributed by atoms with van der Waals surface area (Å²) >= 11 is 18.5. The largest absolute Gasteiger partial charge is 0.506 e. The molecule has 0 aliphatic rings. The highest BCUT2D eigenvalue weighted by Crippen LogP contribution is 2.39. The molecule has 2 aromatic carbocycles. The van der Waals surface area contributed by atoms with Gasteiger partial charge >= 0.3 is 5.97 Å². The van der Waals surface area contributed by atoms with Crippen LogP contribution in [-0.4, -0.2) is 27.0 Å². The first-order valence-corrected chi connectivity index (χ1v) is 10.5. The number of thiocarbonyl (C=S) groups is 1. The summed E-state index contributed by atoms with van der Waals surface area (Å²) in [6, 6.07) is 11.6. The molecule has 0 atom stereocenters. The molecule has 0 aliphatic heterocycles. The summed E-state index contributed by atoms with van der Waals surface area (Å²) in [6.07, 6.45) is 0. The average Bonchev–Trinajstić information content (AvgIpc) is 3.08. The van der Waals surface area contributed by atoms with Crippen LogP contribution in [-0.2, 0) is 0 Å². The van der Waals surface area contributed by atoms with Gasteiger partial charge in [0.15, 0.2) is 5.11 Å². The number of halogens is 2. The van der Waals surface area contributed by atoms with Gasteiger partial charge in [0, 0.05) is 16.1 Å². The number of aromatic hydroxyl groups is 1. The molecule has 0 bridgehead atoms. The van der Waals surface area contributed by atoms with Gasteiger partial charge in [-0.25, -0.2) is 4.79 Å². The molecule has 0 unspecified atom stereocenters. The second-order valence-corrected chi connectivity index (χ2v) is 8.23. The number of carboxylic acids is 1. The van der Waals surface area contributed by atoms with Gasteiger partial charge in [-0.2, -0.15) is 5.10 Å². The molecule has 154 valence electrons. The van der Waals surface area contributed by atoms with Crippen molar-refractivity contribution in [1.82, 2.24) is 5.43 Å². The molecular weight excluding hydrogens is 465 g/mol. The molecule has 10 heteroatoms. The second kappa shape index (κ2) is 9.44. The van der Waals surface area contributed by atoms with Crippen LogP contribution in [0.3, 0.4) is 0 Å². The predicted molar refractivity (Wildman–Crippen MR) is 126 cm³/mol. The summed E-state index contributed by atoms with van der Waals surface area (Å²) < 4.78 is 0. The van der Waals surface area contributed by atoms with E-state index in [2.05, 4.69) is 15.8 Å². The van der Waals surface area contributed by atoms with E-state index in [4.69, 9.17) is 40.5 Å². The molecule has 0 radical (unpaired) electrons. The Balaban J connectivity index is 1.69. The van der Waals surface area contributed by atoms with Crippen LogP contribution < -0.4 is 10.7 Å². The zero-order valence-corrected chi connectivity index (χ0v) is 18.6. The minimum absolute atomic E-state index is 0.000570. The SMILES string of the molecule is CC(=NNC(=S)Nc1ccc(C(=O)O)c(Cl)c1)c1csc(-c2ccc(Cl)cc2)c1O. The third kappa shape index (κ3) is 5.09. The van der Waals surface area contributed by atoms with Crippen molar-refractivity contribution >= 4 is 69.2 Å². The zero-order valence-electron chi connectivity index (χ0n) is 15.4. The van der Waals surface area contributed by atoms with Gasteiger partial charge in [0.1, 0.15) is 5.75 Å². The van der Waals surface area contributed by atoms with Crippen LogP contribution in [0.5, 0.6) is 5.75 Å². The van der Waals surface area contributed by atoms with Crippen LogP contribution >= 0.6 is 46.8 Å². The normalized spacial score (nSPS) is 11.2. The second-order valence-electron chi connectivity index (χ2n) is 6.10. The van der Waals surface area contributed by atoms with Crippen molar-refractivity contribution in [2.75, 3.05) is 5.32 Å². The fourth-order valence-corrected chi connectivity index (χ4v) is 4.10. The minimum Gasteiger partial charge on any atom is -0.506 e. The quantitative estimate of drug-likeness (QED) is 0.208. The lowest BCUT2D eigenvalue weighted by molar-refractivity contribution is 0.0697. The summed E-state index contributed by atoms with van der Waals surface area (Å²) in [5, 5.41) is 29.4. The predicted octanol–water partition coefficient (Wildman–Crippen LogP) is 5.84. The van der Waals surface area contributed by atoms with E-state index in [1.807, 2.05) is 12.1 Å². The van der Waals surface area contributed by atoms with E-state index in [0.717, 1.165) is 5.56 Å². The summed E-state index contributed by atoms with van der Waals surface area (Å²) in [6.45, 7) is 1.74. The van der Waals surface area contributed by atoms with Crippen molar-refractivity contribution in [3.05, 3.63) is 69.0 Å². The number of hydrazone groups is 1. The van der Waals surface area contributed by atoms with Crippen LogP contribution in [0.4, 0.5) is 5.69 Å². The molecule has 1 aromatic heterocycles. The summed E-state index contributed by atoms with van der Waals surface area (Å²) in [5.41, 5.74) is 5.17. The number of thiophene rings is 1. The highest BCUT2D eigenvalue weighted by Gasteiger charge is 2.15. The Morgan fingerprint density at radius 1 is 1.13 bits per heavy atom. The Kier molecular flexibility index (Phi) is 6.94. The average molecular weight is 480 g/mol. The Bertz CT molecular complexity index is 1140. The van der Waals surface area contributed by atoms with Crippen LogP contribution in [0.15, 0.2) is 52.9 Å². The maximum absolute atomic E-state index is 11.0. The highest BCUT2D eigenvalue weighted by atomic mass is 35.5. The molecule has 30 heavy (non-hydrogen) atoms. The summed E-state index contributed by atoms with van der Waals surface area (Å²) in [5.74, 6) is -0.985. The first-order chi connectivity index (χ1) is 14.3. The third-order valence-electron chi connectivity index (χ3n) is 4.04. The molecule has 0 saturated carbocycles. The molecule has 4 N–H and O–H groups in total. The van der Waals surface area contributed by atoms with Crippen molar-refractivity contribution in [3.63, 3.8) is 0 Å². The molecule has 0 aliphatic carbocycles. The Morgan fingerprint density at radius 3 is 2.47 bits per heavy atom. The summed E-state index contributed by atoms with van der Waals surface area (Å²) in [7, 11) is 0. The van der Waals surface area contributed by atoms with E-state index in [1.165, 1.54) is 23.5 Å². The summed E-state index contributed by atoms with van der Waals surface area (Å²) in [4.78, 5) is 11.7. The topological polar surface area (TPSA) is 94.0 Å². The zero-order chi connectivity index (χ0) is 21.8. The first kappa shape index (κ1) is 22.0. The van der Waals surface area contributed by atoms with Gasteiger partial charge in [-0.1, -0.05) is 35.3 Å². The number of nitrogens with one attached hydrogen (secondary N) is 2. The maximum atomic E-state index is 11.0. The molecular formula is C20H15Cl2N3O3S2. The molecule has 3 aromatic rings. The maximum Gasteiger partial charge on any atom is 0.337 e. The number of rotatable bonds is 5. The molecule has 3 rings (SSSR count). The minimum atomic E-state index is -1.11. The third-order valence-corrected chi connectivity index (χ3v) is 5.82. The lowest BCUT2D eigenvalue weighted by Crippen LogP contribution is -2.25. The van der Waals surface area contributed by atoms with Crippen LogP contribution in [0.25, 0.3) is 10.4 Å². The molecule has 0 amide bonds. The number of carbonyl (C=O) groups is 1. The van der Waals surface area contributed by atoms with Gasteiger partial charge in [-0.15, -0.1) is 11.3 Å². The molecule has 0 fully saturated rings. The van der Waals surface area contributed by atoms with Gasteiger partial charge < -0.3 is 15.5 Å². The number of benzene rings is 2. The molecule has 6 nitrogen and oxygen atoms in total.